The Morgan fingerprint density at radius 1 is 1.21 bits per heavy atom. The van der Waals surface area contributed by atoms with Gasteiger partial charge in [0.15, 0.2) is 0 Å². The van der Waals surface area contributed by atoms with Gasteiger partial charge in [-0.05, 0) is 43.7 Å². The highest BCUT2D eigenvalue weighted by molar-refractivity contribution is 5.97. The Hall–Kier alpha value is -2.63. The molecule has 1 amide bonds. The maximum absolute atomic E-state index is 12.5. The summed E-state index contributed by atoms with van der Waals surface area (Å²) in [6.45, 7) is 1.37. The highest BCUT2D eigenvalue weighted by Gasteiger charge is 2.25. The number of phenols is 2. The second-order valence-corrected chi connectivity index (χ2v) is 6.17. The van der Waals surface area contributed by atoms with Crippen molar-refractivity contribution in [3.8, 4) is 11.5 Å². The van der Waals surface area contributed by atoms with Gasteiger partial charge in [0.1, 0.15) is 11.5 Å². The van der Waals surface area contributed by atoms with E-state index in [0.717, 1.165) is 31.4 Å². The average Bonchev–Trinajstić information content (AvgIpc) is 2.61. The highest BCUT2D eigenvalue weighted by Crippen LogP contribution is 2.27. The molecule has 1 fully saturated rings. The van der Waals surface area contributed by atoms with Gasteiger partial charge < -0.3 is 15.1 Å². The zero-order valence-corrected chi connectivity index (χ0v) is 13.4. The van der Waals surface area contributed by atoms with E-state index in [1.165, 1.54) is 18.2 Å². The molecular formula is C18H21N3O3. The standard InChI is InChI=1S/C18H21N3O3/c22-15-3-4-16(17(23)11-15)18(24)21-9-5-13(6-10-21)1-2-14-12-19-7-8-20-14/h3-4,7-8,11-13,22-23H,1-2,5-6,9-10H2. The number of carbonyl (C=O) groups excluding carboxylic acids is 1. The number of amides is 1. The van der Waals surface area contributed by atoms with Crippen LogP contribution in [0.3, 0.4) is 0 Å². The van der Waals surface area contributed by atoms with Crippen molar-refractivity contribution in [1.29, 1.82) is 0 Å². The van der Waals surface area contributed by atoms with Gasteiger partial charge in [0, 0.05) is 37.7 Å². The summed E-state index contributed by atoms with van der Waals surface area (Å²) in [6, 6.07) is 4.08. The number of likely N-dealkylation sites (tertiary alicyclic amines) is 1. The maximum atomic E-state index is 12.5. The molecule has 0 bridgehead atoms. The van der Waals surface area contributed by atoms with Gasteiger partial charge in [-0.15, -0.1) is 0 Å². The summed E-state index contributed by atoms with van der Waals surface area (Å²) in [5.74, 6) is 0.167. The van der Waals surface area contributed by atoms with E-state index in [2.05, 4.69) is 9.97 Å². The van der Waals surface area contributed by atoms with Crippen LogP contribution in [0.1, 0.15) is 35.3 Å². The summed E-state index contributed by atoms with van der Waals surface area (Å²) in [7, 11) is 0. The number of benzene rings is 1. The van der Waals surface area contributed by atoms with Gasteiger partial charge in [-0.2, -0.15) is 0 Å². The molecule has 0 aliphatic carbocycles. The monoisotopic (exact) mass is 327 g/mol. The van der Waals surface area contributed by atoms with Gasteiger partial charge in [-0.25, -0.2) is 0 Å². The molecule has 2 aromatic rings. The second kappa shape index (κ2) is 7.29. The van der Waals surface area contributed by atoms with E-state index in [1.807, 2.05) is 0 Å². The number of aromatic nitrogens is 2. The van der Waals surface area contributed by atoms with Gasteiger partial charge in [0.2, 0.25) is 0 Å². The molecule has 1 aromatic heterocycles. The summed E-state index contributed by atoms with van der Waals surface area (Å²) >= 11 is 0. The Kier molecular flexibility index (Phi) is 4.93. The van der Waals surface area contributed by atoms with E-state index in [9.17, 15) is 15.0 Å². The number of hydrogen-bond donors (Lipinski definition) is 2. The van der Waals surface area contributed by atoms with Crippen LogP contribution < -0.4 is 0 Å². The predicted molar refractivity (Wildman–Crippen MR) is 88.8 cm³/mol. The zero-order valence-electron chi connectivity index (χ0n) is 13.4. The van der Waals surface area contributed by atoms with Crippen molar-refractivity contribution in [3.63, 3.8) is 0 Å². The molecule has 3 rings (SSSR count). The Bertz CT molecular complexity index is 698. The SMILES string of the molecule is O=C(c1ccc(O)cc1O)N1CCC(CCc2cnccn2)CC1. The fourth-order valence-electron chi connectivity index (χ4n) is 3.11. The third-order valence-electron chi connectivity index (χ3n) is 4.54. The van der Waals surface area contributed by atoms with Crippen LogP contribution in [0.4, 0.5) is 0 Å². The van der Waals surface area contributed by atoms with Crippen molar-refractivity contribution < 1.29 is 15.0 Å². The van der Waals surface area contributed by atoms with Crippen LogP contribution in [-0.4, -0.2) is 44.1 Å². The molecule has 24 heavy (non-hydrogen) atoms. The molecule has 2 heterocycles. The highest BCUT2D eigenvalue weighted by atomic mass is 16.3. The first-order valence-corrected chi connectivity index (χ1v) is 8.19. The fourth-order valence-corrected chi connectivity index (χ4v) is 3.11. The summed E-state index contributed by atoms with van der Waals surface area (Å²) in [5, 5.41) is 19.2. The Balaban J connectivity index is 1.52. The first kappa shape index (κ1) is 16.2. The average molecular weight is 327 g/mol. The van der Waals surface area contributed by atoms with Gasteiger partial charge in [0.05, 0.1) is 11.3 Å². The smallest absolute Gasteiger partial charge is 0.257 e. The molecule has 1 aliphatic rings. The van der Waals surface area contributed by atoms with Crippen LogP contribution in [0.5, 0.6) is 11.5 Å². The minimum absolute atomic E-state index is 0.0493. The molecule has 2 N–H and O–H groups in total. The molecule has 6 nitrogen and oxygen atoms in total. The number of phenolic OH excluding ortho intramolecular Hbond substituents is 2. The number of carbonyl (C=O) groups is 1. The third kappa shape index (κ3) is 3.82. The maximum Gasteiger partial charge on any atom is 0.257 e. The molecule has 126 valence electrons. The molecule has 1 aromatic carbocycles. The van der Waals surface area contributed by atoms with E-state index in [0.29, 0.717) is 19.0 Å². The van der Waals surface area contributed by atoms with Crippen molar-refractivity contribution in [2.24, 2.45) is 5.92 Å². The van der Waals surface area contributed by atoms with Crippen molar-refractivity contribution in [2.45, 2.75) is 25.7 Å². The lowest BCUT2D eigenvalue weighted by molar-refractivity contribution is 0.0684. The normalized spacial score (nSPS) is 15.4. The summed E-state index contributed by atoms with van der Waals surface area (Å²) in [5.41, 5.74) is 1.25. The van der Waals surface area contributed by atoms with E-state index >= 15 is 0 Å². The number of piperidine rings is 1. The molecule has 0 spiro atoms. The van der Waals surface area contributed by atoms with E-state index in [4.69, 9.17) is 0 Å². The molecule has 0 unspecified atom stereocenters. The van der Waals surface area contributed by atoms with Crippen molar-refractivity contribution in [3.05, 3.63) is 48.0 Å². The van der Waals surface area contributed by atoms with Crippen LogP contribution in [0.25, 0.3) is 0 Å². The predicted octanol–water partition coefficient (Wildman–Crippen LogP) is 2.37. The molecule has 0 radical (unpaired) electrons. The first-order valence-electron chi connectivity index (χ1n) is 8.19. The van der Waals surface area contributed by atoms with Crippen LogP contribution in [0.15, 0.2) is 36.8 Å². The van der Waals surface area contributed by atoms with Gasteiger partial charge in [-0.1, -0.05) is 0 Å². The topological polar surface area (TPSA) is 86.5 Å². The lowest BCUT2D eigenvalue weighted by atomic mass is 9.91. The molecule has 6 heteroatoms. The molecule has 0 saturated carbocycles. The summed E-state index contributed by atoms with van der Waals surface area (Å²) in [6.07, 6.45) is 9.03. The van der Waals surface area contributed by atoms with Crippen LogP contribution in [0.2, 0.25) is 0 Å². The lowest BCUT2D eigenvalue weighted by Gasteiger charge is -2.32. The molecule has 0 atom stereocenters. The van der Waals surface area contributed by atoms with Crippen LogP contribution in [0, 0.1) is 5.92 Å². The Labute approximate surface area is 140 Å². The number of nitrogens with zero attached hydrogens (tertiary/aromatic N) is 3. The Morgan fingerprint density at radius 2 is 2.00 bits per heavy atom. The molecule has 1 saturated heterocycles. The van der Waals surface area contributed by atoms with Gasteiger partial charge in [-0.3, -0.25) is 14.8 Å². The van der Waals surface area contributed by atoms with E-state index in [-0.39, 0.29) is 23.0 Å². The van der Waals surface area contributed by atoms with Crippen molar-refractivity contribution in [2.75, 3.05) is 13.1 Å². The summed E-state index contributed by atoms with van der Waals surface area (Å²) in [4.78, 5) is 22.6. The van der Waals surface area contributed by atoms with Gasteiger partial charge in [0.25, 0.3) is 5.91 Å². The third-order valence-corrected chi connectivity index (χ3v) is 4.54. The first-order chi connectivity index (χ1) is 11.6. The molecule has 1 aliphatic heterocycles. The van der Waals surface area contributed by atoms with Gasteiger partial charge >= 0.3 is 0 Å². The quantitative estimate of drug-likeness (QED) is 0.900. The largest absolute Gasteiger partial charge is 0.508 e. The number of aromatic hydroxyl groups is 2. The second-order valence-electron chi connectivity index (χ2n) is 6.17. The zero-order chi connectivity index (χ0) is 16.9. The fraction of sp³-hybridized carbons (Fsp3) is 0.389. The molecular weight excluding hydrogens is 306 g/mol. The van der Waals surface area contributed by atoms with Crippen molar-refractivity contribution in [1.82, 2.24) is 14.9 Å². The van der Waals surface area contributed by atoms with E-state index in [1.54, 1.807) is 23.5 Å². The number of rotatable bonds is 4. The number of aryl methyl sites for hydroxylation is 1. The minimum Gasteiger partial charge on any atom is -0.508 e. The van der Waals surface area contributed by atoms with E-state index < -0.39 is 0 Å². The lowest BCUT2D eigenvalue weighted by Crippen LogP contribution is -2.38. The van der Waals surface area contributed by atoms with Crippen molar-refractivity contribution >= 4 is 5.91 Å². The van der Waals surface area contributed by atoms with Crippen LogP contribution >= 0.6 is 0 Å². The minimum atomic E-state index is -0.181. The Morgan fingerprint density at radius 3 is 2.67 bits per heavy atom. The number of hydrogen-bond acceptors (Lipinski definition) is 5. The summed E-state index contributed by atoms with van der Waals surface area (Å²) < 4.78 is 0. The van der Waals surface area contributed by atoms with Crippen LogP contribution in [-0.2, 0) is 6.42 Å².